The van der Waals surface area contributed by atoms with E-state index in [-0.39, 0.29) is 17.5 Å². The van der Waals surface area contributed by atoms with Gasteiger partial charge < -0.3 is 9.80 Å². The summed E-state index contributed by atoms with van der Waals surface area (Å²) in [6, 6.07) is 45.6. The van der Waals surface area contributed by atoms with Crippen LogP contribution >= 0.6 is 11.3 Å². The van der Waals surface area contributed by atoms with Gasteiger partial charge in [-0.3, -0.25) is 0 Å². The van der Waals surface area contributed by atoms with Crippen LogP contribution in [0.15, 0.2) is 115 Å². The SMILES string of the molecule is CCc1ccc2c(c1)B1c3sc4ccc(C(C)(C)C)cc4c3N(c3ccc(C(C)C)cc3)c3cccc(c31)N2c1ccc(C(C)(C)C)cc1-c1cccc2c1CCCC2. The van der Waals surface area contributed by atoms with Crippen molar-refractivity contribution in [3.63, 3.8) is 0 Å². The average molecular weight is 789 g/mol. The monoisotopic (exact) mass is 788 g/mol. The summed E-state index contributed by atoms with van der Waals surface area (Å²) in [4.78, 5) is 5.26. The fourth-order valence-electron chi connectivity index (χ4n) is 10.1. The minimum atomic E-state index is 0.0189. The Balaban J connectivity index is 1.29. The third-order valence-electron chi connectivity index (χ3n) is 13.5. The van der Waals surface area contributed by atoms with Crippen LogP contribution in [0.2, 0.25) is 0 Å². The van der Waals surface area contributed by atoms with E-state index in [0.29, 0.717) is 5.92 Å². The highest BCUT2D eigenvalue weighted by Gasteiger charge is 2.45. The van der Waals surface area contributed by atoms with E-state index in [4.69, 9.17) is 0 Å². The van der Waals surface area contributed by atoms with E-state index in [1.165, 1.54) is 124 Å². The molecule has 0 spiro atoms. The molecule has 59 heavy (non-hydrogen) atoms. The van der Waals surface area contributed by atoms with Gasteiger partial charge in [0.2, 0.25) is 0 Å². The molecule has 0 saturated heterocycles. The van der Waals surface area contributed by atoms with Crippen LogP contribution in [0.3, 0.4) is 0 Å². The molecule has 0 fully saturated rings. The van der Waals surface area contributed by atoms with Crippen LogP contribution in [-0.4, -0.2) is 6.71 Å². The van der Waals surface area contributed by atoms with Crippen LogP contribution in [0.25, 0.3) is 21.2 Å². The van der Waals surface area contributed by atoms with Gasteiger partial charge in [0.15, 0.2) is 0 Å². The number of aryl methyl sites for hydroxylation is 2. The first-order chi connectivity index (χ1) is 28.3. The average Bonchev–Trinajstić information content (AvgIpc) is 3.61. The maximum Gasteiger partial charge on any atom is 0.264 e. The van der Waals surface area contributed by atoms with Crippen molar-refractivity contribution in [2.75, 3.05) is 9.80 Å². The van der Waals surface area contributed by atoms with Crippen molar-refractivity contribution >= 4 is 78.0 Å². The number of thiophene rings is 1. The van der Waals surface area contributed by atoms with Gasteiger partial charge >= 0.3 is 0 Å². The summed E-state index contributed by atoms with van der Waals surface area (Å²) in [7, 11) is 0. The van der Waals surface area contributed by atoms with Crippen molar-refractivity contribution in [3.8, 4) is 11.1 Å². The van der Waals surface area contributed by atoms with Crippen molar-refractivity contribution in [3.05, 3.63) is 149 Å². The molecule has 1 aliphatic carbocycles. The molecule has 296 valence electrons. The molecule has 0 amide bonds. The molecule has 0 unspecified atom stereocenters. The molecule has 0 bridgehead atoms. The number of hydrogen-bond donors (Lipinski definition) is 0. The van der Waals surface area contributed by atoms with E-state index in [0.717, 1.165) is 12.8 Å². The minimum Gasteiger partial charge on any atom is -0.311 e. The topological polar surface area (TPSA) is 6.48 Å². The van der Waals surface area contributed by atoms with E-state index in [1.807, 2.05) is 11.3 Å². The Morgan fingerprint density at radius 3 is 2.05 bits per heavy atom. The Morgan fingerprint density at radius 1 is 0.644 bits per heavy atom. The van der Waals surface area contributed by atoms with Crippen molar-refractivity contribution < 1.29 is 0 Å². The quantitative estimate of drug-likeness (QED) is 0.160. The molecule has 0 saturated carbocycles. The molecule has 4 heteroatoms. The van der Waals surface area contributed by atoms with E-state index in [2.05, 4.69) is 187 Å². The third kappa shape index (κ3) is 6.19. The number of fused-ring (bicyclic) bond motifs is 7. The summed E-state index contributed by atoms with van der Waals surface area (Å²) >= 11 is 2.00. The van der Waals surface area contributed by atoms with E-state index in [1.54, 1.807) is 0 Å². The first-order valence-electron chi connectivity index (χ1n) is 22.1. The third-order valence-corrected chi connectivity index (χ3v) is 14.8. The Bertz CT molecular complexity index is 2780. The summed E-state index contributed by atoms with van der Waals surface area (Å²) < 4.78 is 2.79. The Morgan fingerprint density at radius 2 is 1.32 bits per heavy atom. The number of nitrogens with zero attached hydrogens (tertiary/aromatic N) is 2. The fourth-order valence-corrected chi connectivity index (χ4v) is 11.4. The molecule has 0 atom stereocenters. The first-order valence-corrected chi connectivity index (χ1v) is 22.9. The lowest BCUT2D eigenvalue weighted by atomic mass is 9.36. The van der Waals surface area contributed by atoms with Crippen molar-refractivity contribution in [1.82, 2.24) is 0 Å². The molecule has 7 aromatic rings. The molecule has 0 radical (unpaired) electrons. The summed E-state index contributed by atoms with van der Waals surface area (Å²) in [5.41, 5.74) is 21.8. The zero-order chi connectivity index (χ0) is 41.0. The number of hydrogen-bond acceptors (Lipinski definition) is 3. The predicted octanol–water partition coefficient (Wildman–Crippen LogP) is 13.8. The highest BCUT2D eigenvalue weighted by Crippen LogP contribution is 2.50. The maximum atomic E-state index is 2.64. The Kier molecular flexibility index (Phi) is 9.07. The molecule has 3 aliphatic rings. The number of rotatable bonds is 5. The lowest BCUT2D eigenvalue weighted by molar-refractivity contribution is 0.590. The summed E-state index contributed by atoms with van der Waals surface area (Å²) in [5.74, 6) is 0.470. The van der Waals surface area contributed by atoms with Crippen LogP contribution in [0.5, 0.6) is 0 Å². The van der Waals surface area contributed by atoms with E-state index >= 15 is 0 Å². The molecular weight excluding hydrogens is 731 g/mol. The van der Waals surface area contributed by atoms with E-state index in [9.17, 15) is 0 Å². The van der Waals surface area contributed by atoms with E-state index < -0.39 is 0 Å². The maximum absolute atomic E-state index is 2.64. The van der Waals surface area contributed by atoms with Gasteiger partial charge in [0.25, 0.3) is 6.71 Å². The summed E-state index contributed by atoms with van der Waals surface area (Å²) in [6.45, 7) is 21.0. The first kappa shape index (κ1) is 38.2. The van der Waals surface area contributed by atoms with Crippen molar-refractivity contribution in [1.29, 1.82) is 0 Å². The van der Waals surface area contributed by atoms with Gasteiger partial charge in [-0.1, -0.05) is 123 Å². The minimum absolute atomic E-state index is 0.0189. The summed E-state index contributed by atoms with van der Waals surface area (Å²) in [5, 5.41) is 1.35. The van der Waals surface area contributed by atoms with Gasteiger partial charge in [0.1, 0.15) is 0 Å². The summed E-state index contributed by atoms with van der Waals surface area (Å²) in [6.07, 6.45) is 5.83. The molecule has 2 nitrogen and oxygen atoms in total. The van der Waals surface area contributed by atoms with Gasteiger partial charge in [-0.25, -0.2) is 0 Å². The van der Waals surface area contributed by atoms with Crippen LogP contribution in [-0.2, 0) is 30.1 Å². The standard InChI is InChI=1S/C55H57BN2S/c1-10-35-21-28-47-45(31-35)56-51-48(57(40-26-22-36(23-27-40)34(2)3)52-44-33-39(55(7,8)9)25-30-50(44)59-53(52)56)19-14-20-49(51)58(47)46-29-24-38(54(4,5)6)32-43(46)42-18-13-16-37-15-11-12-17-41(37)42/h13-14,16,18-34H,10-12,15,17H2,1-9H3. The fraction of sp³-hybridized carbons (Fsp3) is 0.309. The van der Waals surface area contributed by atoms with Gasteiger partial charge in [-0.15, -0.1) is 11.3 Å². The van der Waals surface area contributed by atoms with Gasteiger partial charge in [-0.05, 0) is 153 Å². The normalized spacial score (nSPS) is 14.7. The molecule has 6 aromatic carbocycles. The predicted molar refractivity (Wildman–Crippen MR) is 259 cm³/mol. The lowest BCUT2D eigenvalue weighted by Crippen LogP contribution is -2.60. The van der Waals surface area contributed by atoms with Crippen LogP contribution < -0.4 is 25.5 Å². The van der Waals surface area contributed by atoms with Gasteiger partial charge in [0, 0.05) is 43.2 Å². The molecule has 0 N–H and O–H groups in total. The highest BCUT2D eigenvalue weighted by molar-refractivity contribution is 7.33. The largest absolute Gasteiger partial charge is 0.311 e. The Labute approximate surface area is 357 Å². The molecule has 1 aromatic heterocycles. The number of anilines is 6. The molecule has 3 heterocycles. The van der Waals surface area contributed by atoms with Crippen LogP contribution in [0, 0.1) is 0 Å². The van der Waals surface area contributed by atoms with Crippen molar-refractivity contribution in [2.24, 2.45) is 0 Å². The van der Waals surface area contributed by atoms with Crippen LogP contribution in [0.1, 0.15) is 114 Å². The number of benzene rings is 6. The Hall–Kier alpha value is -5.06. The van der Waals surface area contributed by atoms with Crippen LogP contribution in [0.4, 0.5) is 34.1 Å². The zero-order valence-corrected chi connectivity index (χ0v) is 37.3. The smallest absolute Gasteiger partial charge is 0.264 e. The highest BCUT2D eigenvalue weighted by atomic mass is 32.1. The lowest BCUT2D eigenvalue weighted by Gasteiger charge is -2.43. The molecule has 10 rings (SSSR count). The second-order valence-electron chi connectivity index (χ2n) is 19.7. The van der Waals surface area contributed by atoms with Gasteiger partial charge in [0.05, 0.1) is 11.4 Å². The van der Waals surface area contributed by atoms with Crippen molar-refractivity contribution in [2.45, 2.75) is 111 Å². The van der Waals surface area contributed by atoms with Gasteiger partial charge in [-0.2, -0.15) is 0 Å². The second-order valence-corrected chi connectivity index (χ2v) is 20.8. The second kappa shape index (κ2) is 14.0. The zero-order valence-electron chi connectivity index (χ0n) is 36.5. The molecular formula is C55H57BN2S. The molecule has 2 aliphatic heterocycles.